The first kappa shape index (κ1) is 17.3. The lowest BCUT2D eigenvalue weighted by atomic mass is 9.96. The maximum absolute atomic E-state index is 12.4. The molecule has 2 aliphatic rings. The van der Waals surface area contributed by atoms with E-state index in [0.717, 1.165) is 12.8 Å². The minimum atomic E-state index is -0.130. The number of nitrogens with zero attached hydrogens (tertiary/aromatic N) is 1. The maximum atomic E-state index is 12.4. The summed E-state index contributed by atoms with van der Waals surface area (Å²) in [6.07, 6.45) is 3.50. The number of anilines is 2. The van der Waals surface area contributed by atoms with Crippen LogP contribution in [0.2, 0.25) is 0 Å². The molecule has 2 fully saturated rings. The van der Waals surface area contributed by atoms with E-state index in [1.807, 2.05) is 0 Å². The number of rotatable bonds is 4. The van der Waals surface area contributed by atoms with E-state index in [9.17, 15) is 14.4 Å². The summed E-state index contributed by atoms with van der Waals surface area (Å²) in [6.45, 7) is 2.67. The molecular formula is C18H24N4O3. The molecule has 3 rings (SSSR count). The fraction of sp³-hybridized carbons (Fsp3) is 0.500. The lowest BCUT2D eigenvalue weighted by molar-refractivity contribution is -0.121. The topological polar surface area (TPSA) is 90.5 Å². The third-order valence-electron chi connectivity index (χ3n) is 4.53. The number of amides is 4. The van der Waals surface area contributed by atoms with E-state index < -0.39 is 0 Å². The zero-order valence-corrected chi connectivity index (χ0v) is 14.4. The highest BCUT2D eigenvalue weighted by Crippen LogP contribution is 2.22. The van der Waals surface area contributed by atoms with E-state index in [1.54, 1.807) is 29.2 Å². The van der Waals surface area contributed by atoms with Crippen molar-refractivity contribution in [2.75, 3.05) is 23.7 Å². The van der Waals surface area contributed by atoms with Crippen molar-refractivity contribution < 1.29 is 14.4 Å². The molecule has 1 aromatic rings. The predicted octanol–water partition coefficient (Wildman–Crippen LogP) is 2.17. The molecule has 25 heavy (non-hydrogen) atoms. The molecule has 134 valence electrons. The van der Waals surface area contributed by atoms with Gasteiger partial charge in [0.05, 0.1) is 0 Å². The number of hydrogen-bond acceptors (Lipinski definition) is 3. The van der Waals surface area contributed by atoms with Crippen LogP contribution in [-0.4, -0.2) is 41.9 Å². The Morgan fingerprint density at radius 3 is 2.00 bits per heavy atom. The highest BCUT2D eigenvalue weighted by Gasteiger charge is 2.30. The highest BCUT2D eigenvalue weighted by molar-refractivity contribution is 5.93. The van der Waals surface area contributed by atoms with Gasteiger partial charge in [-0.25, -0.2) is 4.79 Å². The van der Waals surface area contributed by atoms with Crippen molar-refractivity contribution in [2.24, 2.45) is 5.92 Å². The van der Waals surface area contributed by atoms with Crippen molar-refractivity contribution in [3.05, 3.63) is 24.3 Å². The molecule has 0 atom stereocenters. The van der Waals surface area contributed by atoms with Crippen LogP contribution in [0.4, 0.5) is 16.2 Å². The SMILES string of the molecule is CC(=O)Nc1ccc(NC(=O)C2CCN(C(=O)NC3CC3)CC2)cc1. The second-order valence-electron chi connectivity index (χ2n) is 6.73. The second-order valence-corrected chi connectivity index (χ2v) is 6.73. The van der Waals surface area contributed by atoms with E-state index >= 15 is 0 Å². The molecule has 0 bridgehead atoms. The molecular weight excluding hydrogens is 320 g/mol. The standard InChI is InChI=1S/C18H24N4O3/c1-12(23)19-14-2-4-15(5-3-14)20-17(24)13-8-10-22(11-9-13)18(25)21-16-6-7-16/h2-5,13,16H,6-11H2,1H3,(H,19,23)(H,20,24)(H,21,25). The van der Waals surface area contributed by atoms with Gasteiger partial charge in [-0.05, 0) is 49.9 Å². The van der Waals surface area contributed by atoms with Crippen molar-refractivity contribution in [2.45, 2.75) is 38.6 Å². The quantitative estimate of drug-likeness (QED) is 0.782. The van der Waals surface area contributed by atoms with Gasteiger partial charge in [-0.3, -0.25) is 9.59 Å². The summed E-state index contributed by atoms with van der Waals surface area (Å²) >= 11 is 0. The molecule has 0 unspecified atom stereocenters. The Labute approximate surface area is 147 Å². The Hall–Kier alpha value is -2.57. The van der Waals surface area contributed by atoms with Gasteiger partial charge in [0.1, 0.15) is 0 Å². The normalized spacial score (nSPS) is 17.7. The number of nitrogens with one attached hydrogen (secondary N) is 3. The third-order valence-corrected chi connectivity index (χ3v) is 4.53. The van der Waals surface area contributed by atoms with Crippen molar-refractivity contribution in [1.29, 1.82) is 0 Å². The average molecular weight is 344 g/mol. The van der Waals surface area contributed by atoms with E-state index in [4.69, 9.17) is 0 Å². The van der Waals surface area contributed by atoms with Crippen LogP contribution in [-0.2, 0) is 9.59 Å². The number of piperidine rings is 1. The molecule has 1 heterocycles. The third kappa shape index (κ3) is 4.95. The van der Waals surface area contributed by atoms with Crippen LogP contribution in [0.25, 0.3) is 0 Å². The maximum Gasteiger partial charge on any atom is 0.317 e. The Balaban J connectivity index is 1.45. The van der Waals surface area contributed by atoms with Crippen molar-refractivity contribution >= 4 is 29.2 Å². The first-order valence-electron chi connectivity index (χ1n) is 8.75. The Morgan fingerprint density at radius 1 is 0.920 bits per heavy atom. The molecule has 0 aromatic heterocycles. The van der Waals surface area contributed by atoms with Gasteiger partial charge in [-0.15, -0.1) is 0 Å². The number of benzene rings is 1. The fourth-order valence-corrected chi connectivity index (χ4v) is 2.92. The molecule has 1 aromatic carbocycles. The Bertz CT molecular complexity index is 647. The average Bonchev–Trinajstić information content (AvgIpc) is 3.40. The Morgan fingerprint density at radius 2 is 1.48 bits per heavy atom. The number of urea groups is 1. The lowest BCUT2D eigenvalue weighted by Crippen LogP contribution is -2.46. The van der Waals surface area contributed by atoms with Gasteiger partial charge in [-0.1, -0.05) is 0 Å². The smallest absolute Gasteiger partial charge is 0.317 e. The molecule has 1 saturated carbocycles. The summed E-state index contributed by atoms with van der Waals surface area (Å²) in [4.78, 5) is 37.2. The molecule has 1 aliphatic carbocycles. The molecule has 7 heteroatoms. The summed E-state index contributed by atoms with van der Waals surface area (Å²) in [5, 5.41) is 8.58. The summed E-state index contributed by atoms with van der Waals surface area (Å²) in [5.41, 5.74) is 1.40. The molecule has 7 nitrogen and oxygen atoms in total. The number of likely N-dealkylation sites (tertiary alicyclic amines) is 1. The minimum absolute atomic E-state index is 0.00471. The number of carbonyl (C=O) groups excluding carboxylic acids is 3. The minimum Gasteiger partial charge on any atom is -0.335 e. The Kier molecular flexibility index (Phi) is 5.21. The molecule has 0 spiro atoms. The molecule has 0 radical (unpaired) electrons. The molecule has 1 saturated heterocycles. The largest absolute Gasteiger partial charge is 0.335 e. The number of carbonyl (C=O) groups is 3. The van der Waals surface area contributed by atoms with Crippen molar-refractivity contribution in [1.82, 2.24) is 10.2 Å². The van der Waals surface area contributed by atoms with Crippen LogP contribution >= 0.6 is 0 Å². The van der Waals surface area contributed by atoms with Gasteiger partial charge in [0, 0.05) is 43.3 Å². The summed E-state index contributed by atoms with van der Waals surface area (Å²) in [6, 6.07) is 7.39. The van der Waals surface area contributed by atoms with Crippen molar-refractivity contribution in [3.8, 4) is 0 Å². The number of hydrogen-bond donors (Lipinski definition) is 3. The highest BCUT2D eigenvalue weighted by atomic mass is 16.2. The zero-order chi connectivity index (χ0) is 17.8. The van der Waals surface area contributed by atoms with Crippen LogP contribution in [0.5, 0.6) is 0 Å². The van der Waals surface area contributed by atoms with Gasteiger partial charge in [0.25, 0.3) is 0 Å². The van der Waals surface area contributed by atoms with Gasteiger partial charge < -0.3 is 20.9 Å². The van der Waals surface area contributed by atoms with Crippen LogP contribution in [0.3, 0.4) is 0 Å². The van der Waals surface area contributed by atoms with Gasteiger partial charge in [0.2, 0.25) is 11.8 Å². The molecule has 3 N–H and O–H groups in total. The van der Waals surface area contributed by atoms with Crippen LogP contribution in [0.15, 0.2) is 24.3 Å². The fourth-order valence-electron chi connectivity index (χ4n) is 2.92. The lowest BCUT2D eigenvalue weighted by Gasteiger charge is -2.31. The first-order valence-corrected chi connectivity index (χ1v) is 8.75. The van der Waals surface area contributed by atoms with E-state index in [0.29, 0.717) is 43.3 Å². The summed E-state index contributed by atoms with van der Waals surface area (Å²) < 4.78 is 0. The second kappa shape index (κ2) is 7.55. The van der Waals surface area contributed by atoms with Crippen LogP contribution in [0, 0.1) is 5.92 Å². The zero-order valence-electron chi connectivity index (χ0n) is 14.4. The van der Waals surface area contributed by atoms with E-state index in [-0.39, 0.29) is 23.8 Å². The summed E-state index contributed by atoms with van der Waals surface area (Å²) in [7, 11) is 0. The molecule has 1 aliphatic heterocycles. The summed E-state index contributed by atoms with van der Waals surface area (Å²) in [5.74, 6) is -0.233. The monoisotopic (exact) mass is 344 g/mol. The van der Waals surface area contributed by atoms with Crippen LogP contribution in [0.1, 0.15) is 32.6 Å². The van der Waals surface area contributed by atoms with Crippen molar-refractivity contribution in [3.63, 3.8) is 0 Å². The van der Waals surface area contributed by atoms with E-state index in [1.165, 1.54) is 6.92 Å². The van der Waals surface area contributed by atoms with E-state index in [2.05, 4.69) is 16.0 Å². The van der Waals surface area contributed by atoms with Gasteiger partial charge in [-0.2, -0.15) is 0 Å². The first-order chi connectivity index (χ1) is 12.0. The van der Waals surface area contributed by atoms with Gasteiger partial charge in [0.15, 0.2) is 0 Å². The van der Waals surface area contributed by atoms with Crippen LogP contribution < -0.4 is 16.0 Å². The van der Waals surface area contributed by atoms with Gasteiger partial charge >= 0.3 is 6.03 Å². The molecule has 4 amide bonds. The predicted molar refractivity (Wildman–Crippen MR) is 95.2 cm³/mol.